The zero-order chi connectivity index (χ0) is 19.5. The summed E-state index contributed by atoms with van der Waals surface area (Å²) < 4.78 is 0. The lowest BCUT2D eigenvalue weighted by molar-refractivity contribution is 0.0218. The van der Waals surface area contributed by atoms with E-state index in [1.54, 1.807) is 0 Å². The second kappa shape index (κ2) is 8.64. The van der Waals surface area contributed by atoms with Gasteiger partial charge in [0.05, 0.1) is 0 Å². The van der Waals surface area contributed by atoms with Gasteiger partial charge in [0.2, 0.25) is 0 Å². The minimum Gasteiger partial charge on any atom is -0.396 e. The molecule has 2 aromatic rings. The zero-order valence-corrected chi connectivity index (χ0v) is 16.8. The van der Waals surface area contributed by atoms with Crippen molar-refractivity contribution < 1.29 is 9.90 Å². The lowest BCUT2D eigenvalue weighted by Gasteiger charge is -2.46. The Bertz CT molecular complexity index is 797. The SMILES string of the molecule is CN1CCN([C@H]2CCN(C(=O)c3ccc4cc[nH]c4c3)C[C@H]2CCCO)CC1. The number of piperazine rings is 1. The average molecular weight is 385 g/mol. The van der Waals surface area contributed by atoms with E-state index in [9.17, 15) is 9.90 Å². The molecular weight excluding hydrogens is 352 g/mol. The predicted molar refractivity (Wildman–Crippen MR) is 111 cm³/mol. The van der Waals surface area contributed by atoms with Crippen LogP contribution in [0.25, 0.3) is 10.9 Å². The lowest BCUT2D eigenvalue weighted by atomic mass is 9.86. The zero-order valence-electron chi connectivity index (χ0n) is 16.8. The van der Waals surface area contributed by atoms with Crippen molar-refractivity contribution in [1.29, 1.82) is 0 Å². The molecule has 6 nitrogen and oxygen atoms in total. The fourth-order valence-electron chi connectivity index (χ4n) is 4.84. The van der Waals surface area contributed by atoms with E-state index in [4.69, 9.17) is 0 Å². The highest BCUT2D eigenvalue weighted by Crippen LogP contribution is 2.28. The minimum atomic E-state index is 0.127. The van der Waals surface area contributed by atoms with E-state index in [2.05, 4.69) is 21.8 Å². The first kappa shape index (κ1) is 19.4. The summed E-state index contributed by atoms with van der Waals surface area (Å²) in [5, 5.41) is 10.5. The molecule has 2 N–H and O–H groups in total. The number of likely N-dealkylation sites (tertiary alicyclic amines) is 1. The van der Waals surface area contributed by atoms with Gasteiger partial charge in [0, 0.05) is 69.2 Å². The van der Waals surface area contributed by atoms with Gasteiger partial charge < -0.3 is 19.9 Å². The van der Waals surface area contributed by atoms with Crippen molar-refractivity contribution in [2.45, 2.75) is 25.3 Å². The molecule has 0 bridgehead atoms. The van der Waals surface area contributed by atoms with Crippen LogP contribution < -0.4 is 0 Å². The molecule has 2 aliphatic rings. The number of aromatic amines is 1. The average Bonchev–Trinajstić information content (AvgIpc) is 3.20. The van der Waals surface area contributed by atoms with Gasteiger partial charge >= 0.3 is 0 Å². The number of rotatable bonds is 5. The lowest BCUT2D eigenvalue weighted by Crippen LogP contribution is -2.56. The van der Waals surface area contributed by atoms with Crippen LogP contribution in [0.3, 0.4) is 0 Å². The molecule has 2 atom stereocenters. The highest BCUT2D eigenvalue weighted by molar-refractivity contribution is 5.98. The molecule has 0 saturated carbocycles. The van der Waals surface area contributed by atoms with Gasteiger partial charge in [-0.2, -0.15) is 0 Å². The van der Waals surface area contributed by atoms with Crippen molar-refractivity contribution in [3.05, 3.63) is 36.0 Å². The summed E-state index contributed by atoms with van der Waals surface area (Å²) in [5.41, 5.74) is 1.77. The number of likely N-dealkylation sites (N-methyl/N-ethyl adjacent to an activating group) is 1. The van der Waals surface area contributed by atoms with Gasteiger partial charge in [-0.15, -0.1) is 0 Å². The fraction of sp³-hybridized carbons (Fsp3) is 0.591. The molecule has 4 rings (SSSR count). The van der Waals surface area contributed by atoms with E-state index in [-0.39, 0.29) is 12.5 Å². The molecule has 0 spiro atoms. The Morgan fingerprint density at radius 2 is 2.00 bits per heavy atom. The van der Waals surface area contributed by atoms with Gasteiger partial charge in [-0.3, -0.25) is 9.69 Å². The maximum absolute atomic E-state index is 13.2. The van der Waals surface area contributed by atoms with E-state index in [1.807, 2.05) is 35.4 Å². The van der Waals surface area contributed by atoms with Gasteiger partial charge in [-0.1, -0.05) is 6.07 Å². The van der Waals surface area contributed by atoms with Gasteiger partial charge in [0.15, 0.2) is 0 Å². The number of amides is 1. The molecule has 3 heterocycles. The fourth-order valence-corrected chi connectivity index (χ4v) is 4.84. The highest BCUT2D eigenvalue weighted by Gasteiger charge is 2.35. The Kier molecular flexibility index (Phi) is 5.99. The van der Waals surface area contributed by atoms with E-state index in [1.165, 1.54) is 0 Å². The minimum absolute atomic E-state index is 0.127. The van der Waals surface area contributed by atoms with Crippen LogP contribution in [0.1, 0.15) is 29.6 Å². The molecule has 1 amide bonds. The van der Waals surface area contributed by atoms with Crippen LogP contribution in [0.2, 0.25) is 0 Å². The summed E-state index contributed by atoms with van der Waals surface area (Å²) in [7, 11) is 2.18. The third-order valence-corrected chi connectivity index (χ3v) is 6.52. The van der Waals surface area contributed by atoms with Gasteiger partial charge in [-0.25, -0.2) is 0 Å². The summed E-state index contributed by atoms with van der Waals surface area (Å²) in [4.78, 5) is 23.4. The monoisotopic (exact) mass is 384 g/mol. The molecule has 2 aliphatic heterocycles. The smallest absolute Gasteiger partial charge is 0.253 e. The topological polar surface area (TPSA) is 62.8 Å². The maximum Gasteiger partial charge on any atom is 0.253 e. The number of benzene rings is 1. The third kappa shape index (κ3) is 4.09. The quantitative estimate of drug-likeness (QED) is 0.828. The number of carbonyl (C=O) groups excluding carboxylic acids is 1. The molecule has 28 heavy (non-hydrogen) atoms. The third-order valence-electron chi connectivity index (χ3n) is 6.52. The number of carbonyl (C=O) groups is 1. The number of fused-ring (bicyclic) bond motifs is 1. The van der Waals surface area contributed by atoms with Crippen molar-refractivity contribution in [2.24, 2.45) is 5.92 Å². The molecule has 2 fully saturated rings. The molecule has 0 radical (unpaired) electrons. The summed E-state index contributed by atoms with van der Waals surface area (Å²) in [5.74, 6) is 0.560. The normalized spacial score (nSPS) is 24.7. The molecule has 1 aromatic carbocycles. The van der Waals surface area contributed by atoms with Gasteiger partial charge in [-0.05, 0) is 55.8 Å². The first-order valence-electron chi connectivity index (χ1n) is 10.6. The number of hydrogen-bond acceptors (Lipinski definition) is 4. The number of piperidine rings is 1. The second-order valence-electron chi connectivity index (χ2n) is 8.35. The largest absolute Gasteiger partial charge is 0.396 e. The van der Waals surface area contributed by atoms with Gasteiger partial charge in [0.1, 0.15) is 0 Å². The first-order chi connectivity index (χ1) is 13.7. The van der Waals surface area contributed by atoms with Crippen LogP contribution in [0, 0.1) is 5.92 Å². The van der Waals surface area contributed by atoms with E-state index in [0.29, 0.717) is 12.0 Å². The first-order valence-corrected chi connectivity index (χ1v) is 10.6. The standard InChI is InChI=1S/C22H32N4O2/c1-24-10-12-25(13-11-24)21-7-9-26(16-19(21)3-2-14-27)22(28)18-5-4-17-6-8-23-20(17)15-18/h4-6,8,15,19,21,23,27H,2-3,7,9-14,16H2,1H3/t19-,21+/m1/s1. The molecule has 2 saturated heterocycles. The molecule has 152 valence electrons. The van der Waals surface area contributed by atoms with E-state index < -0.39 is 0 Å². The van der Waals surface area contributed by atoms with E-state index in [0.717, 1.165) is 75.0 Å². The van der Waals surface area contributed by atoms with Crippen LogP contribution in [0.15, 0.2) is 30.5 Å². The van der Waals surface area contributed by atoms with Crippen LogP contribution in [-0.2, 0) is 0 Å². The molecule has 1 aromatic heterocycles. The van der Waals surface area contributed by atoms with Crippen molar-refractivity contribution in [2.75, 3.05) is 52.9 Å². The second-order valence-corrected chi connectivity index (χ2v) is 8.35. The summed E-state index contributed by atoms with van der Waals surface area (Å²) in [6, 6.07) is 8.46. The number of aliphatic hydroxyl groups excluding tert-OH is 1. The van der Waals surface area contributed by atoms with Crippen LogP contribution in [0.5, 0.6) is 0 Å². The Balaban J connectivity index is 1.46. The number of hydrogen-bond donors (Lipinski definition) is 2. The molecule has 0 unspecified atom stereocenters. The highest BCUT2D eigenvalue weighted by atomic mass is 16.3. The number of nitrogens with zero attached hydrogens (tertiary/aromatic N) is 3. The van der Waals surface area contributed by atoms with Crippen molar-refractivity contribution >= 4 is 16.8 Å². The van der Waals surface area contributed by atoms with Crippen LogP contribution in [-0.4, -0.2) is 89.7 Å². The summed E-state index contributed by atoms with van der Waals surface area (Å²) in [6.45, 7) is 6.27. The summed E-state index contributed by atoms with van der Waals surface area (Å²) >= 11 is 0. The molecular formula is C22H32N4O2. The van der Waals surface area contributed by atoms with Crippen LogP contribution >= 0.6 is 0 Å². The number of H-pyrrole nitrogens is 1. The number of aliphatic hydroxyl groups is 1. The van der Waals surface area contributed by atoms with E-state index >= 15 is 0 Å². The van der Waals surface area contributed by atoms with Crippen molar-refractivity contribution in [3.63, 3.8) is 0 Å². The number of aromatic nitrogens is 1. The van der Waals surface area contributed by atoms with Crippen molar-refractivity contribution in [1.82, 2.24) is 19.7 Å². The Hall–Kier alpha value is -1.89. The number of nitrogens with one attached hydrogen (secondary N) is 1. The Labute approximate surface area is 167 Å². The summed E-state index contributed by atoms with van der Waals surface area (Å²) in [6.07, 6.45) is 4.72. The molecule has 6 heteroatoms. The van der Waals surface area contributed by atoms with Crippen LogP contribution in [0.4, 0.5) is 0 Å². The Morgan fingerprint density at radius 1 is 1.18 bits per heavy atom. The Morgan fingerprint density at radius 3 is 2.79 bits per heavy atom. The predicted octanol–water partition coefficient (Wildman–Crippen LogP) is 2.02. The molecule has 0 aliphatic carbocycles. The van der Waals surface area contributed by atoms with Crippen molar-refractivity contribution in [3.8, 4) is 0 Å². The maximum atomic E-state index is 13.2. The van der Waals surface area contributed by atoms with Gasteiger partial charge in [0.25, 0.3) is 5.91 Å².